The molecule has 1 saturated heterocycles. The van der Waals surface area contributed by atoms with Crippen LogP contribution in [0.15, 0.2) is 47.4 Å². The highest BCUT2D eigenvalue weighted by molar-refractivity contribution is 7.89. The molecule has 6 nitrogen and oxygen atoms in total. The van der Waals surface area contributed by atoms with E-state index in [0.717, 1.165) is 43.8 Å². The van der Waals surface area contributed by atoms with Gasteiger partial charge < -0.3 is 9.84 Å². The van der Waals surface area contributed by atoms with Gasteiger partial charge in [0.25, 0.3) is 0 Å². The first-order valence-electron chi connectivity index (χ1n) is 9.87. The van der Waals surface area contributed by atoms with E-state index in [1.807, 2.05) is 24.3 Å². The van der Waals surface area contributed by atoms with Crippen LogP contribution < -0.4 is 9.46 Å². The molecule has 3 rings (SSSR count). The van der Waals surface area contributed by atoms with E-state index >= 15 is 0 Å². The van der Waals surface area contributed by atoms with Gasteiger partial charge in [0.2, 0.25) is 10.0 Å². The van der Waals surface area contributed by atoms with Crippen molar-refractivity contribution in [3.05, 3.63) is 58.1 Å². The summed E-state index contributed by atoms with van der Waals surface area (Å²) in [5.74, 6) is 0.946. The van der Waals surface area contributed by atoms with Crippen LogP contribution in [0.2, 0.25) is 10.0 Å². The number of nitrogens with zero attached hydrogens (tertiary/aromatic N) is 1. The summed E-state index contributed by atoms with van der Waals surface area (Å²) in [5.41, 5.74) is 1.12. The molecule has 1 atom stereocenters. The van der Waals surface area contributed by atoms with Gasteiger partial charge in [-0.05, 0) is 61.2 Å². The second kappa shape index (κ2) is 10.8. The Hall–Kier alpha value is -1.35. The Kier molecular flexibility index (Phi) is 8.39. The first kappa shape index (κ1) is 23.3. The molecule has 30 heavy (non-hydrogen) atoms. The molecular formula is C21H26Cl2N2O4S. The number of hydrogen-bond acceptors (Lipinski definition) is 5. The third kappa shape index (κ3) is 6.57. The van der Waals surface area contributed by atoms with Crippen LogP contribution in [-0.2, 0) is 16.6 Å². The molecule has 164 valence electrons. The van der Waals surface area contributed by atoms with Crippen molar-refractivity contribution < 1.29 is 18.3 Å². The Bertz CT molecular complexity index is 956. The van der Waals surface area contributed by atoms with Gasteiger partial charge in [-0.3, -0.25) is 4.90 Å². The van der Waals surface area contributed by atoms with Gasteiger partial charge in [-0.2, -0.15) is 0 Å². The lowest BCUT2D eigenvalue weighted by Crippen LogP contribution is -2.40. The highest BCUT2D eigenvalue weighted by Gasteiger charge is 2.24. The molecule has 0 spiro atoms. The number of piperidine rings is 1. The highest BCUT2D eigenvalue weighted by Crippen LogP contribution is 2.26. The summed E-state index contributed by atoms with van der Waals surface area (Å²) >= 11 is 12.0. The van der Waals surface area contributed by atoms with E-state index in [4.69, 9.17) is 33.0 Å². The molecule has 2 aromatic carbocycles. The fourth-order valence-electron chi connectivity index (χ4n) is 3.61. The van der Waals surface area contributed by atoms with E-state index in [-0.39, 0.29) is 29.0 Å². The van der Waals surface area contributed by atoms with Crippen molar-refractivity contribution in [3.8, 4) is 5.75 Å². The van der Waals surface area contributed by atoms with Gasteiger partial charge in [-0.15, -0.1) is 0 Å². The predicted octanol–water partition coefficient (Wildman–Crippen LogP) is 3.56. The third-order valence-electron chi connectivity index (χ3n) is 5.01. The first-order valence-corrected chi connectivity index (χ1v) is 12.1. The molecular weight excluding hydrogens is 447 g/mol. The van der Waals surface area contributed by atoms with Crippen LogP contribution in [0.3, 0.4) is 0 Å². The number of hydrogen-bond donors (Lipinski definition) is 2. The molecule has 1 heterocycles. The molecule has 0 radical (unpaired) electrons. The van der Waals surface area contributed by atoms with Gasteiger partial charge in [0.05, 0.1) is 11.6 Å². The van der Waals surface area contributed by atoms with Crippen LogP contribution >= 0.6 is 23.2 Å². The number of likely N-dealkylation sites (tertiary alicyclic amines) is 1. The van der Waals surface area contributed by atoms with Crippen LogP contribution in [0.5, 0.6) is 5.75 Å². The van der Waals surface area contributed by atoms with Crippen molar-refractivity contribution in [1.82, 2.24) is 9.62 Å². The Balaban J connectivity index is 1.57. The third-order valence-corrected chi connectivity index (χ3v) is 7.15. The summed E-state index contributed by atoms with van der Waals surface area (Å²) in [6.45, 7) is 3.13. The fourth-order valence-corrected chi connectivity index (χ4v) is 5.48. The molecule has 0 aromatic heterocycles. The van der Waals surface area contributed by atoms with Gasteiger partial charge in [0, 0.05) is 24.7 Å². The zero-order valence-electron chi connectivity index (χ0n) is 16.6. The molecule has 0 aliphatic carbocycles. The Morgan fingerprint density at radius 2 is 2.03 bits per heavy atom. The lowest BCUT2D eigenvalue weighted by Gasteiger charge is -2.33. The van der Waals surface area contributed by atoms with Crippen LogP contribution in [0.25, 0.3) is 0 Å². The number of ether oxygens (including phenoxy) is 1. The number of aliphatic hydroxyl groups excluding tert-OH is 1. The van der Waals surface area contributed by atoms with E-state index in [1.54, 1.807) is 6.07 Å². The lowest BCUT2D eigenvalue weighted by atomic mass is 9.98. The quantitative estimate of drug-likeness (QED) is 0.583. The number of aliphatic hydroxyl groups is 1. The van der Waals surface area contributed by atoms with E-state index in [2.05, 4.69) is 9.62 Å². The Morgan fingerprint density at radius 3 is 2.83 bits per heavy atom. The summed E-state index contributed by atoms with van der Waals surface area (Å²) < 4.78 is 33.5. The van der Waals surface area contributed by atoms with Gasteiger partial charge in [0.1, 0.15) is 17.3 Å². The summed E-state index contributed by atoms with van der Waals surface area (Å²) in [7, 11) is -3.73. The maximum Gasteiger partial charge on any atom is 0.242 e. The first-order chi connectivity index (χ1) is 14.4. The second-order valence-corrected chi connectivity index (χ2v) is 9.97. The van der Waals surface area contributed by atoms with Crippen LogP contribution in [0.4, 0.5) is 0 Å². The van der Waals surface area contributed by atoms with Crippen molar-refractivity contribution in [1.29, 1.82) is 0 Å². The number of nitrogens with one attached hydrogen (secondary N) is 1. The van der Waals surface area contributed by atoms with Crippen molar-refractivity contribution >= 4 is 33.2 Å². The molecule has 9 heteroatoms. The Morgan fingerprint density at radius 1 is 1.20 bits per heavy atom. The number of benzene rings is 2. The largest absolute Gasteiger partial charge is 0.491 e. The maximum atomic E-state index is 12.6. The minimum absolute atomic E-state index is 0.00373. The zero-order valence-corrected chi connectivity index (χ0v) is 18.9. The standard InChI is InChI=1S/C21H26Cl2N2O4S/c22-18-6-7-20(23)21(12-18)30(27,28)24-13-17-4-2-8-25(15-17)14-16-3-1-5-19(11-16)29-10-9-26/h1,3,5-7,11-12,17,24,26H,2,4,8-10,13-15H2/t17-/m0/s1. The van der Waals surface area contributed by atoms with Crippen LogP contribution in [0.1, 0.15) is 18.4 Å². The van der Waals surface area contributed by atoms with E-state index in [9.17, 15) is 8.42 Å². The summed E-state index contributed by atoms with van der Waals surface area (Å²) in [5, 5.41) is 9.38. The molecule has 0 unspecified atom stereocenters. The van der Waals surface area contributed by atoms with Crippen LogP contribution in [0, 0.1) is 5.92 Å². The van der Waals surface area contributed by atoms with Crippen LogP contribution in [-0.4, -0.2) is 51.3 Å². The molecule has 2 aromatic rings. The van der Waals surface area contributed by atoms with Gasteiger partial charge in [-0.25, -0.2) is 13.1 Å². The molecule has 2 N–H and O–H groups in total. The van der Waals surface area contributed by atoms with Crippen molar-refractivity contribution in [2.24, 2.45) is 5.92 Å². The number of rotatable bonds is 9. The normalized spacial score (nSPS) is 17.8. The average molecular weight is 473 g/mol. The molecule has 1 aliphatic heterocycles. The zero-order chi connectivity index (χ0) is 21.6. The smallest absolute Gasteiger partial charge is 0.242 e. The van der Waals surface area contributed by atoms with Crippen molar-refractivity contribution in [3.63, 3.8) is 0 Å². The van der Waals surface area contributed by atoms with E-state index in [0.29, 0.717) is 11.6 Å². The summed E-state index contributed by atoms with van der Waals surface area (Å²) in [6.07, 6.45) is 1.97. The van der Waals surface area contributed by atoms with Crippen molar-refractivity contribution in [2.75, 3.05) is 32.8 Å². The molecule has 1 fully saturated rings. The van der Waals surface area contributed by atoms with Crippen molar-refractivity contribution in [2.45, 2.75) is 24.3 Å². The number of halogens is 2. The fraction of sp³-hybridized carbons (Fsp3) is 0.429. The van der Waals surface area contributed by atoms with Gasteiger partial charge in [0.15, 0.2) is 0 Å². The molecule has 0 amide bonds. The Labute approximate surface area is 187 Å². The lowest BCUT2D eigenvalue weighted by molar-refractivity contribution is 0.168. The average Bonchev–Trinajstić information content (AvgIpc) is 2.73. The minimum atomic E-state index is -3.73. The highest BCUT2D eigenvalue weighted by atomic mass is 35.5. The van der Waals surface area contributed by atoms with Gasteiger partial charge >= 0.3 is 0 Å². The molecule has 1 aliphatic rings. The minimum Gasteiger partial charge on any atom is -0.491 e. The van der Waals surface area contributed by atoms with E-state index in [1.165, 1.54) is 12.1 Å². The number of sulfonamides is 1. The van der Waals surface area contributed by atoms with E-state index < -0.39 is 10.0 Å². The maximum absolute atomic E-state index is 12.6. The summed E-state index contributed by atoms with van der Waals surface area (Å²) in [6, 6.07) is 12.2. The summed E-state index contributed by atoms with van der Waals surface area (Å²) in [4.78, 5) is 2.32. The molecule has 0 saturated carbocycles. The predicted molar refractivity (Wildman–Crippen MR) is 119 cm³/mol. The van der Waals surface area contributed by atoms with Gasteiger partial charge in [-0.1, -0.05) is 35.3 Å². The SMILES string of the molecule is O=S(=O)(NC[C@@H]1CCCN(Cc2cccc(OCCO)c2)C1)c1cc(Cl)ccc1Cl. The second-order valence-electron chi connectivity index (χ2n) is 7.39. The monoisotopic (exact) mass is 472 g/mol. The molecule has 0 bridgehead atoms. The topological polar surface area (TPSA) is 78.9 Å².